The van der Waals surface area contributed by atoms with Crippen LogP contribution in [0.1, 0.15) is 16.7 Å². The fourth-order valence-electron chi connectivity index (χ4n) is 3.98. The number of nitrogens with zero attached hydrogens (tertiary/aromatic N) is 2. The second kappa shape index (κ2) is 8.64. The van der Waals surface area contributed by atoms with Gasteiger partial charge < -0.3 is 9.64 Å². The quantitative estimate of drug-likeness (QED) is 0.632. The van der Waals surface area contributed by atoms with Gasteiger partial charge in [-0.3, -0.25) is 4.98 Å². The van der Waals surface area contributed by atoms with Gasteiger partial charge in [-0.05, 0) is 68.3 Å². The third-order valence-electron chi connectivity index (χ3n) is 5.74. The second-order valence-electron chi connectivity index (χ2n) is 7.90. The summed E-state index contributed by atoms with van der Waals surface area (Å²) in [4.78, 5) is 6.03. The highest BCUT2D eigenvalue weighted by Gasteiger charge is 2.47. The molecule has 2 aromatic rings. The summed E-state index contributed by atoms with van der Waals surface area (Å²) in [5, 5.41) is -1.00. The molecule has 1 aliphatic rings. The van der Waals surface area contributed by atoms with Gasteiger partial charge in [-0.2, -0.15) is 0 Å². The van der Waals surface area contributed by atoms with Gasteiger partial charge in [0.1, 0.15) is 5.75 Å². The van der Waals surface area contributed by atoms with Gasteiger partial charge in [0.25, 0.3) is 0 Å². The summed E-state index contributed by atoms with van der Waals surface area (Å²) in [5.41, 5.74) is 2.32. The van der Waals surface area contributed by atoms with E-state index in [4.69, 9.17) is 4.74 Å². The van der Waals surface area contributed by atoms with E-state index < -0.39 is 31.0 Å². The van der Waals surface area contributed by atoms with Crippen molar-refractivity contribution < 1.29 is 21.6 Å². The number of pyridine rings is 1. The fraction of sp³-hybridized carbons (Fsp3) is 0.476. The Morgan fingerprint density at radius 2 is 1.80 bits per heavy atom. The molecule has 0 saturated carbocycles. The van der Waals surface area contributed by atoms with Gasteiger partial charge in [-0.15, -0.1) is 0 Å². The van der Waals surface area contributed by atoms with E-state index in [1.165, 1.54) is 7.11 Å². The van der Waals surface area contributed by atoms with Crippen LogP contribution in [0.4, 0.5) is 0 Å². The van der Waals surface area contributed by atoms with Crippen LogP contribution >= 0.6 is 0 Å². The van der Waals surface area contributed by atoms with E-state index in [2.05, 4.69) is 4.98 Å². The van der Waals surface area contributed by atoms with Gasteiger partial charge in [0.05, 0.1) is 28.8 Å². The Hall–Kier alpha value is -1.97. The summed E-state index contributed by atoms with van der Waals surface area (Å²) < 4.78 is 57.3. The maximum atomic E-state index is 13.5. The predicted molar refractivity (Wildman–Crippen MR) is 116 cm³/mol. The molecule has 2 heterocycles. The lowest BCUT2D eigenvalue weighted by Gasteiger charge is -2.29. The van der Waals surface area contributed by atoms with Crippen LogP contribution in [0.3, 0.4) is 0 Å². The van der Waals surface area contributed by atoms with Crippen LogP contribution in [-0.4, -0.2) is 70.2 Å². The summed E-state index contributed by atoms with van der Waals surface area (Å²) in [5.74, 6) is 0.0960. The second-order valence-corrected chi connectivity index (χ2v) is 12.2. The van der Waals surface area contributed by atoms with E-state index in [0.717, 1.165) is 5.56 Å². The summed E-state index contributed by atoms with van der Waals surface area (Å²) in [6.07, 6.45) is 4.10. The van der Waals surface area contributed by atoms with Crippen molar-refractivity contribution in [1.82, 2.24) is 9.88 Å². The molecule has 0 amide bonds. The van der Waals surface area contributed by atoms with Gasteiger partial charge in [0, 0.05) is 25.0 Å². The Labute approximate surface area is 178 Å². The van der Waals surface area contributed by atoms with Crippen LogP contribution in [0.2, 0.25) is 0 Å². The molecule has 2 atom stereocenters. The van der Waals surface area contributed by atoms with E-state index in [1.54, 1.807) is 45.4 Å². The molecule has 30 heavy (non-hydrogen) atoms. The number of methoxy groups -OCH3 is 1. The Morgan fingerprint density at radius 1 is 1.13 bits per heavy atom. The molecule has 0 spiro atoms. The lowest BCUT2D eigenvalue weighted by molar-refractivity contribution is 0.266. The molecule has 1 aliphatic heterocycles. The maximum absolute atomic E-state index is 13.5. The van der Waals surface area contributed by atoms with Crippen molar-refractivity contribution >= 4 is 19.7 Å². The molecule has 0 bridgehead atoms. The lowest BCUT2D eigenvalue weighted by atomic mass is 10.1. The van der Waals surface area contributed by atoms with E-state index in [9.17, 15) is 16.8 Å². The van der Waals surface area contributed by atoms with Crippen molar-refractivity contribution in [2.45, 2.75) is 36.5 Å². The molecular formula is C21H28N2O5S2. The molecule has 1 aromatic heterocycles. The maximum Gasteiger partial charge on any atom is 0.184 e. The van der Waals surface area contributed by atoms with Crippen molar-refractivity contribution in [1.29, 1.82) is 0 Å². The van der Waals surface area contributed by atoms with Crippen molar-refractivity contribution in [2.75, 3.05) is 32.2 Å². The highest BCUT2D eigenvalue weighted by Crippen LogP contribution is 2.33. The molecular weight excluding hydrogens is 424 g/mol. The predicted octanol–water partition coefficient (Wildman–Crippen LogP) is 1.82. The summed E-state index contributed by atoms with van der Waals surface area (Å²) in [6, 6.07) is 6.48. The zero-order valence-electron chi connectivity index (χ0n) is 17.7. The fourth-order valence-corrected chi connectivity index (χ4v) is 9.20. The third kappa shape index (κ3) is 4.68. The molecule has 0 unspecified atom stereocenters. The molecule has 164 valence electrons. The van der Waals surface area contributed by atoms with Gasteiger partial charge in [-0.1, -0.05) is 0 Å². The number of rotatable bonds is 7. The topological polar surface area (TPSA) is 93.6 Å². The van der Waals surface area contributed by atoms with Crippen LogP contribution < -0.4 is 4.74 Å². The zero-order chi connectivity index (χ0) is 22.1. The molecule has 1 saturated heterocycles. The van der Waals surface area contributed by atoms with Gasteiger partial charge in [0.15, 0.2) is 19.7 Å². The molecule has 1 fully saturated rings. The highest BCUT2D eigenvalue weighted by atomic mass is 32.2. The first kappa shape index (κ1) is 22.7. The van der Waals surface area contributed by atoms with E-state index in [1.807, 2.05) is 17.0 Å². The lowest BCUT2D eigenvalue weighted by Crippen LogP contribution is -2.45. The van der Waals surface area contributed by atoms with Crippen LogP contribution in [0.5, 0.6) is 5.75 Å². The zero-order valence-corrected chi connectivity index (χ0v) is 19.3. The number of hydrogen-bond donors (Lipinski definition) is 0. The first-order valence-electron chi connectivity index (χ1n) is 9.74. The largest absolute Gasteiger partial charge is 0.496 e. The molecule has 9 heteroatoms. The van der Waals surface area contributed by atoms with Crippen molar-refractivity contribution in [3.05, 3.63) is 53.3 Å². The smallest absolute Gasteiger partial charge is 0.184 e. The molecule has 0 radical (unpaired) electrons. The van der Waals surface area contributed by atoms with Crippen molar-refractivity contribution in [2.24, 2.45) is 0 Å². The van der Waals surface area contributed by atoms with Crippen LogP contribution in [0.25, 0.3) is 0 Å². The first-order valence-corrected chi connectivity index (χ1v) is 13.1. The summed E-state index contributed by atoms with van der Waals surface area (Å²) >= 11 is 0. The highest BCUT2D eigenvalue weighted by molar-refractivity contribution is 7.96. The first-order chi connectivity index (χ1) is 14.0. The normalized spacial score (nSPS) is 21.1. The Bertz CT molecular complexity index is 1120. The monoisotopic (exact) mass is 452 g/mol. The Kier molecular flexibility index (Phi) is 6.54. The average Bonchev–Trinajstić information content (AvgIpc) is 3.04. The average molecular weight is 453 g/mol. The van der Waals surface area contributed by atoms with Gasteiger partial charge >= 0.3 is 0 Å². The van der Waals surface area contributed by atoms with E-state index in [-0.39, 0.29) is 16.4 Å². The number of sulfone groups is 2. The third-order valence-corrected chi connectivity index (χ3v) is 10.00. The SMILES string of the molecule is COc1cc(C)c(S(=O)(=O)[C@H]2CS(=O)(=O)C[C@@H]2N(C)CCc2ccncc2)cc1C. The van der Waals surface area contributed by atoms with Gasteiger partial charge in [0.2, 0.25) is 0 Å². The Balaban J connectivity index is 1.90. The summed E-state index contributed by atoms with van der Waals surface area (Å²) in [7, 11) is -3.98. The number of aryl methyl sites for hydroxylation is 2. The molecule has 0 N–H and O–H groups in total. The molecule has 1 aromatic carbocycles. The van der Waals surface area contributed by atoms with E-state index >= 15 is 0 Å². The molecule has 3 rings (SSSR count). The number of aromatic nitrogens is 1. The van der Waals surface area contributed by atoms with Crippen molar-refractivity contribution in [3.8, 4) is 5.75 Å². The number of hydrogen-bond acceptors (Lipinski definition) is 7. The number of ether oxygens (including phenoxy) is 1. The van der Waals surface area contributed by atoms with E-state index in [0.29, 0.717) is 29.8 Å². The number of likely N-dealkylation sites (N-methyl/N-ethyl adjacent to an activating group) is 1. The van der Waals surface area contributed by atoms with Crippen LogP contribution in [0.15, 0.2) is 41.6 Å². The molecule has 7 nitrogen and oxygen atoms in total. The minimum atomic E-state index is -3.85. The standard InChI is InChI=1S/C21H28N2O5S2/c1-15-12-20(16(2)11-19(15)28-4)30(26,27)21-14-29(24,25)13-18(21)23(3)10-7-17-5-8-22-9-6-17/h5-6,8-9,11-12,18,21H,7,10,13-14H2,1-4H3/t18-,21-/m0/s1. The summed E-state index contributed by atoms with van der Waals surface area (Å²) in [6.45, 7) is 4.04. The number of benzene rings is 1. The minimum Gasteiger partial charge on any atom is -0.496 e. The minimum absolute atomic E-state index is 0.155. The Morgan fingerprint density at radius 3 is 2.43 bits per heavy atom. The molecule has 0 aliphatic carbocycles. The van der Waals surface area contributed by atoms with Crippen LogP contribution in [0, 0.1) is 13.8 Å². The van der Waals surface area contributed by atoms with Gasteiger partial charge in [-0.25, -0.2) is 16.8 Å². The van der Waals surface area contributed by atoms with Crippen LogP contribution in [-0.2, 0) is 26.1 Å². The van der Waals surface area contributed by atoms with Crippen molar-refractivity contribution in [3.63, 3.8) is 0 Å².